The number of methoxy groups -OCH3 is 1. The molecule has 4 atom stereocenters. The van der Waals surface area contributed by atoms with E-state index in [2.05, 4.69) is 22.6 Å². The fourth-order valence-electron chi connectivity index (χ4n) is 6.47. The number of rotatable bonds is 3. The molecule has 1 heterocycles. The summed E-state index contributed by atoms with van der Waals surface area (Å²) in [4.78, 5) is 55.4. The molecule has 2 aromatic rings. The van der Waals surface area contributed by atoms with Crippen LogP contribution < -0.4 is 9.64 Å². The SMILES string of the molecule is COc1ccc(O)c([C@H]2C3=CC[C@@H]4C(=O)N(c5ccc(I)cc5)C(=O)[C@@H]4[C@@H]3CC3=C2C(=O)C=C(C)C3=O)c1. The smallest absolute Gasteiger partial charge is 0.238 e. The van der Waals surface area contributed by atoms with Crippen LogP contribution >= 0.6 is 22.6 Å². The maximum atomic E-state index is 13.9. The summed E-state index contributed by atoms with van der Waals surface area (Å²) in [5.41, 5.74) is 2.78. The summed E-state index contributed by atoms with van der Waals surface area (Å²) in [6, 6.07) is 12.0. The van der Waals surface area contributed by atoms with Crippen molar-refractivity contribution in [3.05, 3.63) is 86.0 Å². The highest BCUT2D eigenvalue weighted by atomic mass is 127. The Morgan fingerprint density at radius 3 is 2.45 bits per heavy atom. The van der Waals surface area contributed by atoms with Crippen LogP contribution in [-0.2, 0) is 19.2 Å². The summed E-state index contributed by atoms with van der Waals surface area (Å²) in [5.74, 6) is -3.01. The lowest BCUT2D eigenvalue weighted by molar-refractivity contribution is -0.123. The molecule has 6 rings (SSSR count). The van der Waals surface area contributed by atoms with Crippen molar-refractivity contribution >= 4 is 51.7 Å². The minimum Gasteiger partial charge on any atom is -0.508 e. The van der Waals surface area contributed by atoms with Gasteiger partial charge in [-0.05, 0) is 96.8 Å². The molecule has 38 heavy (non-hydrogen) atoms. The predicted molar refractivity (Wildman–Crippen MR) is 148 cm³/mol. The molecule has 7 nitrogen and oxygen atoms in total. The molecular formula is C30H24INO6. The number of phenols is 1. The van der Waals surface area contributed by atoms with Gasteiger partial charge in [-0.25, -0.2) is 0 Å². The van der Waals surface area contributed by atoms with Gasteiger partial charge in [0.1, 0.15) is 11.5 Å². The molecule has 1 saturated heterocycles. The molecule has 0 aromatic heterocycles. The van der Waals surface area contributed by atoms with Gasteiger partial charge in [0.2, 0.25) is 11.8 Å². The van der Waals surface area contributed by atoms with Crippen molar-refractivity contribution in [3.8, 4) is 11.5 Å². The molecular weight excluding hydrogens is 597 g/mol. The normalized spacial score (nSPS) is 26.6. The fraction of sp³-hybridized carbons (Fsp3) is 0.267. The number of hydrogen-bond acceptors (Lipinski definition) is 6. The van der Waals surface area contributed by atoms with Crippen molar-refractivity contribution in [2.75, 3.05) is 12.0 Å². The fourth-order valence-corrected chi connectivity index (χ4v) is 6.83. The van der Waals surface area contributed by atoms with Gasteiger partial charge >= 0.3 is 0 Å². The Morgan fingerprint density at radius 2 is 1.74 bits per heavy atom. The summed E-state index contributed by atoms with van der Waals surface area (Å²) in [6.07, 6.45) is 3.81. The number of ether oxygens (including phenoxy) is 1. The number of benzene rings is 2. The molecule has 0 radical (unpaired) electrons. The minimum atomic E-state index is -0.726. The van der Waals surface area contributed by atoms with Gasteiger partial charge in [0.25, 0.3) is 0 Å². The third-order valence-corrected chi connectivity index (χ3v) is 8.91. The third kappa shape index (κ3) is 3.60. The highest BCUT2D eigenvalue weighted by molar-refractivity contribution is 14.1. The van der Waals surface area contributed by atoms with Gasteiger partial charge in [-0.1, -0.05) is 11.6 Å². The molecule has 4 aliphatic rings. The monoisotopic (exact) mass is 621 g/mol. The molecule has 0 unspecified atom stereocenters. The minimum absolute atomic E-state index is 0.0350. The Kier molecular flexibility index (Phi) is 5.90. The van der Waals surface area contributed by atoms with Crippen LogP contribution in [0.3, 0.4) is 0 Å². The Bertz CT molecular complexity index is 1530. The Hall–Kier alpha value is -3.53. The van der Waals surface area contributed by atoms with E-state index in [-0.39, 0.29) is 35.6 Å². The number of ketones is 2. The number of hydrogen-bond donors (Lipinski definition) is 1. The molecule has 3 aliphatic carbocycles. The first-order valence-corrected chi connectivity index (χ1v) is 13.5. The van der Waals surface area contributed by atoms with Crippen LogP contribution in [0.15, 0.2) is 76.9 Å². The Balaban J connectivity index is 1.51. The molecule has 8 heteroatoms. The van der Waals surface area contributed by atoms with Crippen LogP contribution in [0.4, 0.5) is 5.69 Å². The number of carbonyl (C=O) groups excluding carboxylic acids is 4. The maximum Gasteiger partial charge on any atom is 0.238 e. The Morgan fingerprint density at radius 1 is 1.00 bits per heavy atom. The van der Waals surface area contributed by atoms with Crippen molar-refractivity contribution in [3.63, 3.8) is 0 Å². The largest absolute Gasteiger partial charge is 0.508 e. The summed E-state index contributed by atoms with van der Waals surface area (Å²) in [5, 5.41) is 10.9. The van der Waals surface area contributed by atoms with Crippen molar-refractivity contribution in [1.82, 2.24) is 0 Å². The zero-order chi connectivity index (χ0) is 26.9. The van der Waals surface area contributed by atoms with Gasteiger partial charge in [0, 0.05) is 31.8 Å². The molecule has 2 aromatic carbocycles. The maximum absolute atomic E-state index is 13.9. The Labute approximate surface area is 233 Å². The molecule has 1 N–H and O–H groups in total. The number of fused-ring (bicyclic) bond motifs is 3. The molecule has 2 amide bonds. The average Bonchev–Trinajstić information content (AvgIpc) is 3.17. The van der Waals surface area contributed by atoms with Crippen LogP contribution in [0.25, 0.3) is 0 Å². The van der Waals surface area contributed by atoms with E-state index in [4.69, 9.17) is 4.74 Å². The second-order valence-electron chi connectivity index (χ2n) is 10.1. The summed E-state index contributed by atoms with van der Waals surface area (Å²) >= 11 is 2.17. The first-order chi connectivity index (χ1) is 18.2. The van der Waals surface area contributed by atoms with Gasteiger partial charge in [-0.3, -0.25) is 24.1 Å². The number of allylic oxidation sites excluding steroid dienone is 6. The van der Waals surface area contributed by atoms with Crippen LogP contribution in [0, 0.1) is 21.3 Å². The zero-order valence-corrected chi connectivity index (χ0v) is 22.9. The van der Waals surface area contributed by atoms with Crippen molar-refractivity contribution in [1.29, 1.82) is 0 Å². The van der Waals surface area contributed by atoms with E-state index in [1.165, 1.54) is 24.2 Å². The summed E-state index contributed by atoms with van der Waals surface area (Å²) in [6.45, 7) is 1.61. The summed E-state index contributed by atoms with van der Waals surface area (Å²) < 4.78 is 6.38. The van der Waals surface area contributed by atoms with E-state index in [1.807, 2.05) is 18.2 Å². The molecule has 1 fully saturated rings. The summed E-state index contributed by atoms with van der Waals surface area (Å²) in [7, 11) is 1.51. The number of aromatic hydroxyl groups is 1. The van der Waals surface area contributed by atoms with Gasteiger partial charge in [-0.15, -0.1) is 0 Å². The second-order valence-corrected chi connectivity index (χ2v) is 11.4. The highest BCUT2D eigenvalue weighted by Crippen LogP contribution is 2.56. The first kappa shape index (κ1) is 24.8. The van der Waals surface area contributed by atoms with Gasteiger partial charge in [-0.2, -0.15) is 0 Å². The van der Waals surface area contributed by atoms with Gasteiger partial charge < -0.3 is 9.84 Å². The number of anilines is 1. The topological polar surface area (TPSA) is 101 Å². The van der Waals surface area contributed by atoms with E-state index in [0.29, 0.717) is 40.1 Å². The zero-order valence-electron chi connectivity index (χ0n) is 20.7. The van der Waals surface area contributed by atoms with Crippen LogP contribution in [0.2, 0.25) is 0 Å². The van der Waals surface area contributed by atoms with E-state index in [0.717, 1.165) is 9.14 Å². The number of halogens is 1. The molecule has 0 saturated carbocycles. The lowest BCUT2D eigenvalue weighted by atomic mass is 9.59. The lowest BCUT2D eigenvalue weighted by Gasteiger charge is -2.42. The predicted octanol–water partition coefficient (Wildman–Crippen LogP) is 4.64. The van der Waals surface area contributed by atoms with Gasteiger partial charge in [0.05, 0.1) is 24.6 Å². The number of amides is 2. The quantitative estimate of drug-likeness (QED) is 0.232. The van der Waals surface area contributed by atoms with E-state index in [1.54, 1.807) is 31.2 Å². The highest BCUT2D eigenvalue weighted by Gasteiger charge is 2.56. The lowest BCUT2D eigenvalue weighted by Crippen LogP contribution is -2.39. The van der Waals surface area contributed by atoms with Gasteiger partial charge in [0.15, 0.2) is 11.6 Å². The number of carbonyl (C=O) groups is 4. The molecule has 0 bridgehead atoms. The molecule has 0 spiro atoms. The molecule has 192 valence electrons. The van der Waals surface area contributed by atoms with Crippen LogP contribution in [-0.4, -0.2) is 35.6 Å². The molecule has 1 aliphatic heterocycles. The number of nitrogens with zero attached hydrogens (tertiary/aromatic N) is 1. The second kappa shape index (κ2) is 9.04. The van der Waals surface area contributed by atoms with Crippen molar-refractivity contribution in [2.24, 2.45) is 17.8 Å². The standard InChI is InChI=1S/C30H24INO6/c1-14-11-24(34)27-22(28(14)35)13-20-18(25(27)21-12-17(38-2)7-10-23(21)33)8-9-19-26(20)30(37)32(29(19)36)16-5-3-15(31)4-6-16/h3-8,10-12,19-20,25-26,33H,9,13H2,1-2H3/t19-,20+,25+,26-/m0/s1. The number of Topliss-reactive ketones (excluding diaryl/α,β-unsaturated/α-hetero) is 1. The van der Waals surface area contributed by atoms with E-state index in [9.17, 15) is 24.3 Å². The number of phenolic OH excluding ortho intramolecular Hbond substituents is 1. The number of imide groups is 1. The van der Waals surface area contributed by atoms with E-state index < -0.39 is 23.7 Å². The first-order valence-electron chi connectivity index (χ1n) is 12.4. The van der Waals surface area contributed by atoms with Crippen molar-refractivity contribution < 1.29 is 29.0 Å². The van der Waals surface area contributed by atoms with Crippen LogP contribution in [0.1, 0.15) is 31.2 Å². The van der Waals surface area contributed by atoms with Crippen molar-refractivity contribution in [2.45, 2.75) is 25.7 Å². The third-order valence-electron chi connectivity index (χ3n) is 8.19. The van der Waals surface area contributed by atoms with E-state index >= 15 is 0 Å². The van der Waals surface area contributed by atoms with Crippen LogP contribution in [0.5, 0.6) is 11.5 Å². The average molecular weight is 621 g/mol.